The van der Waals surface area contributed by atoms with Gasteiger partial charge in [0.1, 0.15) is 11.8 Å². The van der Waals surface area contributed by atoms with Gasteiger partial charge in [0.15, 0.2) is 5.82 Å². The highest BCUT2D eigenvalue weighted by molar-refractivity contribution is 5.80. The minimum Gasteiger partial charge on any atom is -0.494 e. The van der Waals surface area contributed by atoms with Crippen molar-refractivity contribution in [2.45, 2.75) is 57.7 Å². The van der Waals surface area contributed by atoms with E-state index in [9.17, 15) is 4.79 Å². The average molecular weight is 528 g/mol. The van der Waals surface area contributed by atoms with Gasteiger partial charge in [-0.1, -0.05) is 49.6 Å². The van der Waals surface area contributed by atoms with Gasteiger partial charge in [-0.05, 0) is 60.0 Å². The number of aromatic nitrogens is 5. The fraction of sp³-hybridized carbons (Fsp3) is 0.467. The third kappa shape index (κ3) is 5.60. The maximum atomic E-state index is 13.6. The molecule has 1 saturated carbocycles. The van der Waals surface area contributed by atoms with Crippen molar-refractivity contribution in [1.29, 1.82) is 0 Å². The normalized spacial score (nSPS) is 18.4. The lowest BCUT2D eigenvalue weighted by Crippen LogP contribution is -2.52. The van der Waals surface area contributed by atoms with E-state index in [0.717, 1.165) is 48.4 Å². The van der Waals surface area contributed by atoms with Crippen molar-refractivity contribution in [3.8, 4) is 5.75 Å². The topological polar surface area (TPSA) is 92.2 Å². The van der Waals surface area contributed by atoms with Crippen LogP contribution < -0.4 is 10.3 Å². The molecular weight excluding hydrogens is 490 g/mol. The van der Waals surface area contributed by atoms with Crippen molar-refractivity contribution in [2.24, 2.45) is 0 Å². The summed E-state index contributed by atoms with van der Waals surface area (Å²) in [5.74, 6) is 1.48. The van der Waals surface area contributed by atoms with Gasteiger partial charge in [-0.25, -0.2) is 4.68 Å². The van der Waals surface area contributed by atoms with E-state index in [2.05, 4.69) is 42.4 Å². The number of aromatic amines is 1. The zero-order chi connectivity index (χ0) is 26.6. The van der Waals surface area contributed by atoms with Crippen LogP contribution in [0.2, 0.25) is 0 Å². The molecule has 0 bridgehead atoms. The van der Waals surface area contributed by atoms with Gasteiger partial charge in [0.05, 0.1) is 13.2 Å². The molecule has 3 heterocycles. The molecule has 9 heteroatoms. The van der Waals surface area contributed by atoms with Crippen LogP contribution in [0.4, 0.5) is 0 Å². The van der Waals surface area contributed by atoms with Gasteiger partial charge >= 0.3 is 0 Å². The van der Waals surface area contributed by atoms with E-state index in [1.165, 1.54) is 32.1 Å². The fourth-order valence-electron chi connectivity index (χ4n) is 6.24. The summed E-state index contributed by atoms with van der Waals surface area (Å²) in [5.41, 5.74) is 2.45. The van der Waals surface area contributed by atoms with Crippen molar-refractivity contribution >= 4 is 10.9 Å². The molecule has 6 rings (SSSR count). The number of piperazine rings is 1. The maximum Gasteiger partial charge on any atom is 0.253 e. The number of fused-ring (bicyclic) bond motifs is 1. The maximum absolute atomic E-state index is 13.6. The SMILES string of the molecule is CCOc1ccc2[nH]c(=O)c([C@H](c3nnnn3Cc3ccccc3)N3CCN(C4CCCCC4)CC3)cc2c1. The number of tetrazole rings is 1. The molecule has 1 N–H and O–H groups in total. The Morgan fingerprint density at radius 1 is 1.00 bits per heavy atom. The lowest BCUT2D eigenvalue weighted by atomic mass is 9.93. The predicted octanol–water partition coefficient (Wildman–Crippen LogP) is 4.00. The standard InChI is InChI=1S/C30H37N7O2/c1-2-39-25-13-14-27-23(19-25)20-26(30(38)31-27)28(29-32-33-34-37(29)21-22-9-5-3-6-10-22)36-17-15-35(16-18-36)24-11-7-4-8-12-24/h3,5-6,9-10,13-14,19-20,24,28H,2,4,7-8,11-12,15-18,21H2,1H3,(H,31,38)/t28-/m1/s1. The zero-order valence-electron chi connectivity index (χ0n) is 22.6. The number of rotatable bonds is 8. The molecule has 0 unspecified atom stereocenters. The molecule has 9 nitrogen and oxygen atoms in total. The number of ether oxygens (including phenoxy) is 1. The Balaban J connectivity index is 1.37. The molecule has 39 heavy (non-hydrogen) atoms. The number of hydrogen-bond donors (Lipinski definition) is 1. The first-order valence-corrected chi connectivity index (χ1v) is 14.3. The number of nitrogens with zero attached hydrogens (tertiary/aromatic N) is 6. The van der Waals surface area contributed by atoms with Gasteiger partial charge in [-0.2, -0.15) is 0 Å². The summed E-state index contributed by atoms with van der Waals surface area (Å²) in [6, 6.07) is 18.3. The number of benzene rings is 2. The number of hydrogen-bond acceptors (Lipinski definition) is 7. The van der Waals surface area contributed by atoms with Crippen LogP contribution in [0.15, 0.2) is 59.4 Å². The van der Waals surface area contributed by atoms with Crippen molar-refractivity contribution in [1.82, 2.24) is 35.0 Å². The number of H-pyrrole nitrogens is 1. The largest absolute Gasteiger partial charge is 0.494 e. The van der Waals surface area contributed by atoms with Crippen LogP contribution in [0.1, 0.15) is 62.0 Å². The Morgan fingerprint density at radius 2 is 1.79 bits per heavy atom. The second-order valence-corrected chi connectivity index (χ2v) is 10.7. The van der Waals surface area contributed by atoms with Crippen molar-refractivity contribution < 1.29 is 4.74 Å². The minimum absolute atomic E-state index is 0.111. The minimum atomic E-state index is -0.360. The quantitative estimate of drug-likeness (QED) is 0.370. The molecule has 0 spiro atoms. The molecule has 2 aliphatic rings. The van der Waals surface area contributed by atoms with Crippen molar-refractivity contribution in [2.75, 3.05) is 32.8 Å². The Kier molecular flexibility index (Phi) is 7.69. The van der Waals surface area contributed by atoms with Gasteiger partial charge in [0.25, 0.3) is 5.56 Å². The van der Waals surface area contributed by atoms with E-state index >= 15 is 0 Å². The van der Waals surface area contributed by atoms with Crippen LogP contribution in [-0.2, 0) is 6.54 Å². The first-order valence-electron chi connectivity index (χ1n) is 14.3. The van der Waals surface area contributed by atoms with E-state index in [1.54, 1.807) is 0 Å². The summed E-state index contributed by atoms with van der Waals surface area (Å²) in [5, 5.41) is 13.9. The molecule has 2 aromatic heterocycles. The molecule has 0 amide bonds. The summed E-state index contributed by atoms with van der Waals surface area (Å²) in [4.78, 5) is 21.8. The molecule has 1 saturated heterocycles. The van der Waals surface area contributed by atoms with Gasteiger partial charge in [0.2, 0.25) is 0 Å². The van der Waals surface area contributed by atoms with Crippen LogP contribution in [0.25, 0.3) is 10.9 Å². The second-order valence-electron chi connectivity index (χ2n) is 10.7. The Hall–Kier alpha value is -3.56. The van der Waals surface area contributed by atoms with Crippen LogP contribution in [0.5, 0.6) is 5.75 Å². The summed E-state index contributed by atoms with van der Waals surface area (Å²) < 4.78 is 7.58. The average Bonchev–Trinajstić information content (AvgIpc) is 3.42. The molecule has 204 valence electrons. The van der Waals surface area contributed by atoms with Crippen LogP contribution in [-0.4, -0.2) is 73.8 Å². The predicted molar refractivity (Wildman–Crippen MR) is 151 cm³/mol. The first kappa shape index (κ1) is 25.7. The van der Waals surface area contributed by atoms with E-state index < -0.39 is 0 Å². The first-order chi connectivity index (χ1) is 19.2. The summed E-state index contributed by atoms with van der Waals surface area (Å²) in [6.45, 7) is 6.79. The summed E-state index contributed by atoms with van der Waals surface area (Å²) in [7, 11) is 0. The molecule has 1 atom stereocenters. The van der Waals surface area contributed by atoms with E-state index in [1.807, 2.05) is 54.1 Å². The second kappa shape index (κ2) is 11.7. The highest BCUT2D eigenvalue weighted by Crippen LogP contribution is 2.31. The zero-order valence-corrected chi connectivity index (χ0v) is 22.6. The lowest BCUT2D eigenvalue weighted by molar-refractivity contribution is 0.0618. The Bertz CT molecular complexity index is 1440. The van der Waals surface area contributed by atoms with Gasteiger partial charge in [-0.15, -0.1) is 5.10 Å². The highest BCUT2D eigenvalue weighted by atomic mass is 16.5. The molecule has 2 fully saturated rings. The Labute approximate surface area is 228 Å². The van der Waals surface area contributed by atoms with Crippen molar-refractivity contribution in [3.05, 3.63) is 81.9 Å². The Morgan fingerprint density at radius 3 is 2.56 bits per heavy atom. The highest BCUT2D eigenvalue weighted by Gasteiger charge is 2.34. The smallest absolute Gasteiger partial charge is 0.253 e. The summed E-state index contributed by atoms with van der Waals surface area (Å²) in [6.07, 6.45) is 6.62. The number of nitrogens with one attached hydrogen (secondary N) is 1. The monoisotopic (exact) mass is 527 g/mol. The van der Waals surface area contributed by atoms with Crippen LogP contribution in [0, 0.1) is 0 Å². The summed E-state index contributed by atoms with van der Waals surface area (Å²) >= 11 is 0. The van der Waals surface area contributed by atoms with Crippen LogP contribution >= 0.6 is 0 Å². The van der Waals surface area contributed by atoms with Gasteiger partial charge in [0, 0.05) is 48.7 Å². The molecule has 0 radical (unpaired) electrons. The third-order valence-corrected chi connectivity index (χ3v) is 8.23. The van der Waals surface area contributed by atoms with Gasteiger partial charge in [-0.3, -0.25) is 14.6 Å². The lowest BCUT2D eigenvalue weighted by Gasteiger charge is -2.43. The third-order valence-electron chi connectivity index (χ3n) is 8.23. The van der Waals surface area contributed by atoms with Gasteiger partial charge < -0.3 is 9.72 Å². The van der Waals surface area contributed by atoms with Crippen LogP contribution in [0.3, 0.4) is 0 Å². The molecular formula is C30H37N7O2. The molecule has 1 aliphatic heterocycles. The van der Waals surface area contributed by atoms with E-state index in [4.69, 9.17) is 4.74 Å². The molecule has 1 aliphatic carbocycles. The fourth-order valence-corrected chi connectivity index (χ4v) is 6.24. The number of pyridine rings is 1. The molecule has 4 aromatic rings. The van der Waals surface area contributed by atoms with E-state index in [0.29, 0.717) is 30.6 Å². The van der Waals surface area contributed by atoms with Crippen molar-refractivity contribution in [3.63, 3.8) is 0 Å². The molecule has 2 aromatic carbocycles. The van der Waals surface area contributed by atoms with E-state index in [-0.39, 0.29) is 11.6 Å².